The van der Waals surface area contributed by atoms with Crippen molar-refractivity contribution in [3.63, 3.8) is 0 Å². The molecule has 1 rings (SSSR count). The molecule has 0 aliphatic carbocycles. The maximum Gasteiger partial charge on any atom is 0.427 e. The molecule has 0 spiro atoms. The van der Waals surface area contributed by atoms with E-state index in [9.17, 15) is 35.1 Å². The van der Waals surface area contributed by atoms with Gasteiger partial charge in [0, 0.05) is 17.0 Å². The number of rotatable bonds is 3. The third kappa shape index (κ3) is 3.59. The maximum atomic E-state index is 13.4. The van der Waals surface area contributed by atoms with Crippen LogP contribution in [-0.4, -0.2) is 18.0 Å². The van der Waals surface area contributed by atoms with Crippen molar-refractivity contribution >= 4 is 0 Å². The minimum absolute atomic E-state index is 0.346. The summed E-state index contributed by atoms with van der Waals surface area (Å²) in [6.45, 7) is 0.835. The van der Waals surface area contributed by atoms with Crippen molar-refractivity contribution in [1.29, 1.82) is 0 Å². The van der Waals surface area contributed by atoms with Gasteiger partial charge in [0.2, 0.25) is 0 Å². The molecule has 1 aromatic carbocycles. The first-order valence-electron chi connectivity index (χ1n) is 6.35. The Hall–Kier alpha value is -1.38. The van der Waals surface area contributed by atoms with Crippen LogP contribution in [0.4, 0.5) is 35.1 Å². The van der Waals surface area contributed by atoms with Crippen LogP contribution in [0, 0.1) is 17.0 Å². The summed E-state index contributed by atoms with van der Waals surface area (Å²) in [7, 11) is 0. The zero-order chi connectivity index (χ0) is 18.3. The molecule has 0 saturated carbocycles. The molecule has 0 N–H and O–H groups in total. The lowest BCUT2D eigenvalue weighted by atomic mass is 9.75. The summed E-state index contributed by atoms with van der Waals surface area (Å²) in [6.07, 6.45) is -11.6. The molecule has 0 aliphatic heterocycles. The quantitative estimate of drug-likeness (QED) is 0.664. The molecule has 132 valence electrons. The van der Waals surface area contributed by atoms with Gasteiger partial charge in [0.05, 0.1) is 6.61 Å². The van der Waals surface area contributed by atoms with Gasteiger partial charge < -0.3 is 4.74 Å². The number of hydrogen-bond acceptors (Lipinski definition) is 1. The van der Waals surface area contributed by atoms with Gasteiger partial charge in [0.1, 0.15) is 11.6 Å². The number of ether oxygens (including phenoxy) is 1. The van der Waals surface area contributed by atoms with Gasteiger partial charge in [-0.1, -0.05) is 26.8 Å². The molecule has 0 atom stereocenters. The lowest BCUT2D eigenvalue weighted by molar-refractivity contribution is -0.413. The highest BCUT2D eigenvalue weighted by molar-refractivity contribution is 5.18. The van der Waals surface area contributed by atoms with Crippen LogP contribution in [0.25, 0.3) is 0 Å². The van der Waals surface area contributed by atoms with Crippen LogP contribution in [-0.2, 0) is 11.3 Å². The first-order chi connectivity index (χ1) is 10.1. The van der Waals surface area contributed by atoms with Crippen molar-refractivity contribution in [1.82, 2.24) is 0 Å². The molecule has 0 aromatic heterocycles. The third-order valence-electron chi connectivity index (χ3n) is 3.31. The fourth-order valence-electron chi connectivity index (χ4n) is 2.22. The summed E-state index contributed by atoms with van der Waals surface area (Å²) >= 11 is 0. The van der Waals surface area contributed by atoms with E-state index >= 15 is 0 Å². The highest BCUT2D eigenvalue weighted by Crippen LogP contribution is 2.55. The first kappa shape index (κ1) is 19.7. The molecule has 0 radical (unpaired) electrons. The van der Waals surface area contributed by atoms with Gasteiger partial charge in [-0.3, -0.25) is 0 Å². The van der Waals surface area contributed by atoms with E-state index in [1.165, 1.54) is 0 Å². The highest BCUT2D eigenvalue weighted by Gasteiger charge is 2.77. The molecule has 0 amide bonds. The predicted octanol–water partition coefficient (Wildman–Crippen LogP) is 5.39. The van der Waals surface area contributed by atoms with E-state index in [0.717, 1.165) is 26.8 Å². The molecular weight excluding hydrogens is 336 g/mol. The van der Waals surface area contributed by atoms with E-state index < -0.39 is 47.2 Å². The summed E-state index contributed by atoms with van der Waals surface area (Å²) < 4.78 is 110. The minimum atomic E-state index is -5.79. The Morgan fingerprint density at radius 3 is 1.70 bits per heavy atom. The number of halogens is 8. The van der Waals surface area contributed by atoms with Crippen LogP contribution in [0.2, 0.25) is 0 Å². The van der Waals surface area contributed by atoms with E-state index in [2.05, 4.69) is 4.74 Å². The maximum absolute atomic E-state index is 13.4. The number of alkyl halides is 6. The molecule has 0 saturated heterocycles. The van der Waals surface area contributed by atoms with Crippen LogP contribution in [0.15, 0.2) is 18.2 Å². The average molecular weight is 350 g/mol. The highest BCUT2D eigenvalue weighted by atomic mass is 19.4. The van der Waals surface area contributed by atoms with Gasteiger partial charge in [0.15, 0.2) is 0 Å². The summed E-state index contributed by atoms with van der Waals surface area (Å²) in [5.74, 6) is -2.31. The van der Waals surface area contributed by atoms with Crippen molar-refractivity contribution in [3.05, 3.63) is 35.4 Å². The largest absolute Gasteiger partial charge is 0.427 e. The van der Waals surface area contributed by atoms with E-state index in [0.29, 0.717) is 12.1 Å². The molecule has 0 bridgehead atoms. The molecule has 1 aromatic rings. The van der Waals surface area contributed by atoms with Gasteiger partial charge in [-0.2, -0.15) is 26.3 Å². The Morgan fingerprint density at radius 1 is 0.870 bits per heavy atom. The molecule has 0 fully saturated rings. The van der Waals surface area contributed by atoms with E-state index in [-0.39, 0.29) is 0 Å². The monoisotopic (exact) mass is 350 g/mol. The second-order valence-electron chi connectivity index (χ2n) is 5.95. The fourth-order valence-corrected chi connectivity index (χ4v) is 2.22. The van der Waals surface area contributed by atoms with Crippen molar-refractivity contribution in [2.24, 2.45) is 5.41 Å². The first-order valence-corrected chi connectivity index (χ1v) is 6.35. The van der Waals surface area contributed by atoms with Crippen LogP contribution in [0.1, 0.15) is 26.3 Å². The summed E-state index contributed by atoms with van der Waals surface area (Å²) in [5.41, 5.74) is -7.54. The molecule has 0 unspecified atom stereocenters. The lowest BCUT2D eigenvalue weighted by Crippen LogP contribution is -2.66. The predicted molar refractivity (Wildman–Crippen MR) is 65.4 cm³/mol. The van der Waals surface area contributed by atoms with E-state index in [1.54, 1.807) is 0 Å². The van der Waals surface area contributed by atoms with Gasteiger partial charge in [-0.25, -0.2) is 8.78 Å². The number of benzene rings is 1. The Kier molecular flexibility index (Phi) is 5.06. The molecule has 1 nitrogen and oxygen atoms in total. The Morgan fingerprint density at radius 2 is 1.35 bits per heavy atom. The Balaban J connectivity index is 3.32. The van der Waals surface area contributed by atoms with E-state index in [4.69, 9.17) is 0 Å². The summed E-state index contributed by atoms with van der Waals surface area (Å²) in [5, 5.41) is 0. The third-order valence-corrected chi connectivity index (χ3v) is 3.31. The van der Waals surface area contributed by atoms with Crippen molar-refractivity contribution < 1.29 is 39.9 Å². The average Bonchev–Trinajstić information content (AvgIpc) is 2.26. The van der Waals surface area contributed by atoms with Gasteiger partial charge in [-0.15, -0.1) is 0 Å². The minimum Gasteiger partial charge on any atom is -0.353 e. The Bertz CT molecular complexity index is 517. The Labute approximate surface area is 127 Å². The summed E-state index contributed by atoms with van der Waals surface area (Å²) in [6, 6.07) is 1.78. The van der Waals surface area contributed by atoms with Gasteiger partial charge in [-0.05, 0) is 6.07 Å². The molecule has 9 heteroatoms. The summed E-state index contributed by atoms with van der Waals surface area (Å²) in [4.78, 5) is 0. The van der Waals surface area contributed by atoms with Crippen LogP contribution < -0.4 is 0 Å². The van der Waals surface area contributed by atoms with Crippen LogP contribution in [0.3, 0.4) is 0 Å². The molecule has 0 heterocycles. The topological polar surface area (TPSA) is 9.23 Å². The van der Waals surface area contributed by atoms with E-state index in [1.807, 2.05) is 0 Å². The molecular formula is C14H14F8O. The van der Waals surface area contributed by atoms with Crippen molar-refractivity contribution in [2.75, 3.05) is 0 Å². The van der Waals surface area contributed by atoms with Gasteiger partial charge >= 0.3 is 12.4 Å². The second kappa shape index (κ2) is 5.92. The lowest BCUT2D eigenvalue weighted by Gasteiger charge is -2.45. The van der Waals surface area contributed by atoms with Crippen molar-refractivity contribution in [3.8, 4) is 0 Å². The zero-order valence-electron chi connectivity index (χ0n) is 12.4. The fraction of sp³-hybridized carbons (Fsp3) is 0.571. The molecule has 0 aliphatic rings. The second-order valence-corrected chi connectivity index (χ2v) is 5.95. The van der Waals surface area contributed by atoms with Crippen LogP contribution >= 0.6 is 0 Å². The zero-order valence-corrected chi connectivity index (χ0v) is 12.4. The normalized spacial score (nSPS) is 14.2. The van der Waals surface area contributed by atoms with Crippen molar-refractivity contribution in [2.45, 2.75) is 45.3 Å². The molecule has 23 heavy (non-hydrogen) atoms. The smallest absolute Gasteiger partial charge is 0.353 e. The number of hydrogen-bond donors (Lipinski definition) is 0. The van der Waals surface area contributed by atoms with Crippen LogP contribution in [0.5, 0.6) is 0 Å². The standard InChI is InChI=1S/C14H14F8O/c1-11(2,3)12(13(17,18)19,14(20,21)22)23-7-8-4-5-9(15)6-10(8)16/h4-6H,7H2,1-3H3. The van der Waals surface area contributed by atoms with Gasteiger partial charge in [0.25, 0.3) is 5.60 Å². The SMILES string of the molecule is CC(C)(C)C(OCc1ccc(F)cc1F)(C(F)(F)F)C(F)(F)F.